The van der Waals surface area contributed by atoms with Crippen LogP contribution in [0, 0.1) is 6.92 Å². The first-order chi connectivity index (χ1) is 13.1. The summed E-state index contributed by atoms with van der Waals surface area (Å²) in [5.74, 6) is 0.556. The van der Waals surface area contributed by atoms with Crippen LogP contribution in [-0.4, -0.2) is 53.9 Å². The number of aromatic nitrogens is 1. The summed E-state index contributed by atoms with van der Waals surface area (Å²) < 4.78 is 5.09. The first kappa shape index (κ1) is 18.9. The van der Waals surface area contributed by atoms with Gasteiger partial charge in [0.15, 0.2) is 0 Å². The van der Waals surface area contributed by atoms with Gasteiger partial charge >= 0.3 is 0 Å². The fourth-order valence-corrected chi connectivity index (χ4v) is 3.09. The number of anilines is 1. The van der Waals surface area contributed by atoms with Crippen molar-refractivity contribution in [1.82, 2.24) is 20.5 Å². The van der Waals surface area contributed by atoms with Crippen LogP contribution in [0.3, 0.4) is 0 Å². The average molecular weight is 371 g/mol. The van der Waals surface area contributed by atoms with Crippen molar-refractivity contribution in [3.63, 3.8) is 0 Å². The molecule has 0 aliphatic carbocycles. The number of rotatable bonds is 8. The van der Waals surface area contributed by atoms with E-state index in [1.807, 2.05) is 30.0 Å². The summed E-state index contributed by atoms with van der Waals surface area (Å²) in [6, 6.07) is 5.26. The third kappa shape index (κ3) is 5.30. The van der Waals surface area contributed by atoms with E-state index in [-0.39, 0.29) is 18.2 Å². The van der Waals surface area contributed by atoms with Gasteiger partial charge in [0.05, 0.1) is 25.0 Å². The minimum Gasteiger partial charge on any atom is -0.472 e. The van der Waals surface area contributed by atoms with Gasteiger partial charge in [0.2, 0.25) is 11.8 Å². The molecule has 1 saturated heterocycles. The molecule has 2 aromatic rings. The van der Waals surface area contributed by atoms with Gasteiger partial charge in [0.1, 0.15) is 5.82 Å². The van der Waals surface area contributed by atoms with Crippen LogP contribution >= 0.6 is 0 Å². The molecule has 3 N–H and O–H groups in total. The number of carbonyl (C=O) groups is 2. The predicted octanol–water partition coefficient (Wildman–Crippen LogP) is 0.902. The molecule has 0 unspecified atom stereocenters. The summed E-state index contributed by atoms with van der Waals surface area (Å²) >= 11 is 0. The fourth-order valence-electron chi connectivity index (χ4n) is 3.09. The van der Waals surface area contributed by atoms with Crippen molar-refractivity contribution >= 4 is 17.6 Å². The highest BCUT2D eigenvalue weighted by Gasteiger charge is 2.31. The van der Waals surface area contributed by atoms with Crippen molar-refractivity contribution in [1.29, 1.82) is 0 Å². The highest BCUT2D eigenvalue weighted by atomic mass is 16.3. The number of piperazine rings is 1. The second-order valence-electron chi connectivity index (χ2n) is 6.56. The van der Waals surface area contributed by atoms with Crippen molar-refractivity contribution in [2.45, 2.75) is 25.9 Å². The van der Waals surface area contributed by atoms with E-state index >= 15 is 0 Å². The number of nitrogens with one attached hydrogen (secondary N) is 3. The number of hydrogen-bond donors (Lipinski definition) is 3. The third-order valence-electron chi connectivity index (χ3n) is 4.54. The second kappa shape index (κ2) is 9.18. The first-order valence-corrected chi connectivity index (χ1v) is 9.08. The topological polar surface area (TPSA) is 99.5 Å². The fraction of sp³-hybridized carbons (Fsp3) is 0.421. The molecule has 8 heteroatoms. The molecular weight excluding hydrogens is 346 g/mol. The van der Waals surface area contributed by atoms with Crippen LogP contribution in [-0.2, 0) is 16.1 Å². The average Bonchev–Trinajstić information content (AvgIpc) is 3.16. The van der Waals surface area contributed by atoms with Crippen molar-refractivity contribution in [3.05, 3.63) is 48.0 Å². The lowest BCUT2D eigenvalue weighted by Gasteiger charge is -2.34. The Morgan fingerprint density at radius 1 is 1.41 bits per heavy atom. The molecular formula is C19H25N5O3. The molecule has 8 nitrogen and oxygen atoms in total. The number of aryl methyl sites for hydroxylation is 1. The Morgan fingerprint density at radius 3 is 3.07 bits per heavy atom. The summed E-state index contributed by atoms with van der Waals surface area (Å²) in [7, 11) is 0. The van der Waals surface area contributed by atoms with Crippen molar-refractivity contribution in [3.8, 4) is 0 Å². The molecule has 0 radical (unpaired) electrons. The highest BCUT2D eigenvalue weighted by Crippen LogP contribution is 2.14. The Bertz CT molecular complexity index is 762. The van der Waals surface area contributed by atoms with Crippen LogP contribution in [0.25, 0.3) is 0 Å². The normalized spacial score (nSPS) is 17.4. The van der Waals surface area contributed by atoms with Crippen molar-refractivity contribution in [2.24, 2.45) is 0 Å². The number of furan rings is 1. The zero-order valence-electron chi connectivity index (χ0n) is 15.4. The molecule has 1 aliphatic rings. The highest BCUT2D eigenvalue weighted by molar-refractivity contribution is 5.88. The van der Waals surface area contributed by atoms with Crippen LogP contribution in [0.4, 0.5) is 5.82 Å². The lowest BCUT2D eigenvalue weighted by atomic mass is 10.1. The summed E-state index contributed by atoms with van der Waals surface area (Å²) in [6.45, 7) is 4.88. The van der Waals surface area contributed by atoms with Gasteiger partial charge < -0.3 is 20.4 Å². The van der Waals surface area contributed by atoms with E-state index in [4.69, 9.17) is 4.42 Å². The Morgan fingerprint density at radius 2 is 2.30 bits per heavy atom. The number of hydrogen-bond acceptors (Lipinski definition) is 6. The van der Waals surface area contributed by atoms with Crippen LogP contribution in [0.5, 0.6) is 0 Å². The Hall–Kier alpha value is -2.87. The third-order valence-corrected chi connectivity index (χ3v) is 4.54. The molecule has 0 aromatic carbocycles. The second-order valence-corrected chi connectivity index (χ2v) is 6.56. The number of amides is 2. The smallest absolute Gasteiger partial charge is 0.237 e. The molecule has 2 amide bonds. The molecule has 0 bridgehead atoms. The lowest BCUT2D eigenvalue weighted by molar-refractivity contribution is -0.134. The number of carbonyl (C=O) groups excluding carboxylic acids is 2. The van der Waals surface area contributed by atoms with Gasteiger partial charge in [0, 0.05) is 44.5 Å². The van der Waals surface area contributed by atoms with E-state index in [1.54, 1.807) is 18.7 Å². The van der Waals surface area contributed by atoms with E-state index in [0.717, 1.165) is 16.9 Å². The number of nitrogens with zero attached hydrogens (tertiary/aromatic N) is 2. The van der Waals surface area contributed by atoms with Gasteiger partial charge in [-0.2, -0.15) is 0 Å². The summed E-state index contributed by atoms with van der Waals surface area (Å²) in [5.41, 5.74) is 2.04. The van der Waals surface area contributed by atoms with Crippen molar-refractivity contribution in [2.75, 3.05) is 31.5 Å². The minimum absolute atomic E-state index is 0.109. The van der Waals surface area contributed by atoms with E-state index in [2.05, 4.69) is 20.9 Å². The minimum atomic E-state index is -0.473. The van der Waals surface area contributed by atoms with Crippen LogP contribution in [0.2, 0.25) is 0 Å². The van der Waals surface area contributed by atoms with E-state index in [9.17, 15) is 9.59 Å². The maximum Gasteiger partial charge on any atom is 0.237 e. The van der Waals surface area contributed by atoms with Gasteiger partial charge in [0.25, 0.3) is 0 Å². The van der Waals surface area contributed by atoms with E-state index in [1.165, 1.54) is 0 Å². The standard InChI is InChI=1S/C19H25N5O3/c1-14-3-2-5-21-18(14)22-7-6-20-17(25)11-16-19(26)23-8-9-24(16)12-15-4-10-27-13-15/h2-5,10,13,16H,6-9,11-12H2,1H3,(H,20,25)(H,21,22)(H,23,26)/t16-/m1/s1. The summed E-state index contributed by atoms with van der Waals surface area (Å²) in [6.07, 6.45) is 5.13. The Labute approximate surface area is 158 Å². The summed E-state index contributed by atoms with van der Waals surface area (Å²) in [4.78, 5) is 30.8. The Kier molecular flexibility index (Phi) is 6.43. The molecule has 0 spiro atoms. The lowest BCUT2D eigenvalue weighted by Crippen LogP contribution is -2.56. The van der Waals surface area contributed by atoms with Crippen LogP contribution in [0.1, 0.15) is 17.5 Å². The maximum absolute atomic E-state index is 12.3. The van der Waals surface area contributed by atoms with Gasteiger partial charge in [-0.25, -0.2) is 4.98 Å². The quantitative estimate of drug-likeness (QED) is 0.597. The molecule has 144 valence electrons. The van der Waals surface area contributed by atoms with Crippen LogP contribution in [0.15, 0.2) is 41.3 Å². The monoisotopic (exact) mass is 371 g/mol. The molecule has 2 aromatic heterocycles. The molecule has 3 rings (SSSR count). The first-order valence-electron chi connectivity index (χ1n) is 9.08. The SMILES string of the molecule is Cc1cccnc1NCCNC(=O)C[C@@H]1C(=O)NCCN1Cc1ccoc1. The molecule has 3 heterocycles. The summed E-state index contributed by atoms with van der Waals surface area (Å²) in [5, 5.41) is 8.90. The number of pyridine rings is 1. The van der Waals surface area contributed by atoms with Crippen LogP contribution < -0.4 is 16.0 Å². The van der Waals surface area contributed by atoms with Gasteiger partial charge in [-0.1, -0.05) is 6.07 Å². The Balaban J connectivity index is 1.46. The zero-order chi connectivity index (χ0) is 19.1. The maximum atomic E-state index is 12.3. The largest absolute Gasteiger partial charge is 0.472 e. The zero-order valence-corrected chi connectivity index (χ0v) is 15.4. The van der Waals surface area contributed by atoms with Crippen molar-refractivity contribution < 1.29 is 14.0 Å². The van der Waals surface area contributed by atoms with Gasteiger partial charge in [-0.15, -0.1) is 0 Å². The molecule has 1 aliphatic heterocycles. The van der Waals surface area contributed by atoms with Gasteiger partial charge in [-0.3, -0.25) is 14.5 Å². The van der Waals surface area contributed by atoms with E-state index < -0.39 is 6.04 Å². The van der Waals surface area contributed by atoms with E-state index in [0.29, 0.717) is 32.7 Å². The molecule has 1 atom stereocenters. The molecule has 0 saturated carbocycles. The molecule has 1 fully saturated rings. The van der Waals surface area contributed by atoms with Gasteiger partial charge in [-0.05, 0) is 24.6 Å². The predicted molar refractivity (Wildman–Crippen MR) is 101 cm³/mol. The molecule has 27 heavy (non-hydrogen) atoms.